The zero-order chi connectivity index (χ0) is 10.6. The number of carbonyl (C=O) groups is 1. The fourth-order valence-electron chi connectivity index (χ4n) is 1.54. The van der Waals surface area contributed by atoms with Crippen LogP contribution in [0.1, 0.15) is 6.42 Å². The van der Waals surface area contributed by atoms with E-state index in [0.29, 0.717) is 6.42 Å². The summed E-state index contributed by atoms with van der Waals surface area (Å²) in [6.07, 6.45) is -1.16. The summed E-state index contributed by atoms with van der Waals surface area (Å²) in [7, 11) is 1.51. The van der Waals surface area contributed by atoms with Crippen molar-refractivity contribution in [2.24, 2.45) is 0 Å². The van der Waals surface area contributed by atoms with Crippen molar-refractivity contribution >= 4 is 6.09 Å². The molecular weight excluding hydrogens is 190 g/mol. The number of carboxylic acid groups (broad SMARTS) is 1. The van der Waals surface area contributed by atoms with Crippen LogP contribution in [-0.4, -0.2) is 54.9 Å². The first-order valence-corrected chi connectivity index (χ1v) is 4.42. The van der Waals surface area contributed by atoms with Crippen LogP contribution in [0.2, 0.25) is 0 Å². The lowest BCUT2D eigenvalue weighted by atomic mass is 10.0. The zero-order valence-corrected chi connectivity index (χ0v) is 7.97. The summed E-state index contributed by atoms with van der Waals surface area (Å²) in [5, 5.41) is 19.7. The lowest BCUT2D eigenvalue weighted by Gasteiger charge is -2.34. The van der Waals surface area contributed by atoms with Gasteiger partial charge in [0.2, 0.25) is 0 Å². The van der Waals surface area contributed by atoms with Crippen molar-refractivity contribution in [2.75, 3.05) is 20.3 Å². The normalized spacial score (nSPS) is 32.6. The van der Waals surface area contributed by atoms with Gasteiger partial charge < -0.3 is 25.0 Å². The number of aliphatic hydroxyl groups excluding tert-OH is 1. The smallest absolute Gasteiger partial charge is 0.404 e. The number of hydrogen-bond donors (Lipinski definition) is 3. The summed E-state index contributed by atoms with van der Waals surface area (Å²) in [6, 6.07) is -0.264. The first kappa shape index (κ1) is 11.2. The highest BCUT2D eigenvalue weighted by Gasteiger charge is 2.31. The van der Waals surface area contributed by atoms with Crippen LogP contribution in [0.15, 0.2) is 0 Å². The van der Waals surface area contributed by atoms with Gasteiger partial charge in [0.1, 0.15) is 6.10 Å². The van der Waals surface area contributed by atoms with Gasteiger partial charge in [-0.15, -0.1) is 0 Å². The summed E-state index contributed by atoms with van der Waals surface area (Å²) < 4.78 is 10.3. The van der Waals surface area contributed by atoms with Gasteiger partial charge in [-0.25, -0.2) is 4.79 Å². The monoisotopic (exact) mass is 205 g/mol. The van der Waals surface area contributed by atoms with Gasteiger partial charge in [-0.2, -0.15) is 0 Å². The van der Waals surface area contributed by atoms with E-state index in [9.17, 15) is 4.79 Å². The molecule has 0 aliphatic carbocycles. The largest absolute Gasteiger partial charge is 0.465 e. The van der Waals surface area contributed by atoms with Gasteiger partial charge in [-0.3, -0.25) is 0 Å². The number of methoxy groups -OCH3 is 1. The van der Waals surface area contributed by atoms with E-state index >= 15 is 0 Å². The summed E-state index contributed by atoms with van der Waals surface area (Å²) in [5.41, 5.74) is 0. The van der Waals surface area contributed by atoms with Crippen LogP contribution >= 0.6 is 0 Å². The van der Waals surface area contributed by atoms with Gasteiger partial charge in [0.05, 0.1) is 25.4 Å². The molecule has 1 unspecified atom stereocenters. The molecular formula is C8H15NO5. The van der Waals surface area contributed by atoms with Crippen molar-refractivity contribution in [2.45, 2.75) is 24.7 Å². The van der Waals surface area contributed by atoms with Crippen LogP contribution in [-0.2, 0) is 9.47 Å². The van der Waals surface area contributed by atoms with Crippen LogP contribution in [0, 0.1) is 0 Å². The van der Waals surface area contributed by atoms with E-state index in [0.717, 1.165) is 0 Å². The lowest BCUT2D eigenvalue weighted by Crippen LogP contribution is -2.50. The maximum atomic E-state index is 10.4. The SMILES string of the molecule is COC1C[C@@H](NC(=O)O)CO[C@@H]1CO. The van der Waals surface area contributed by atoms with Crippen LogP contribution in [0.25, 0.3) is 0 Å². The molecule has 3 N–H and O–H groups in total. The van der Waals surface area contributed by atoms with E-state index in [1.54, 1.807) is 0 Å². The van der Waals surface area contributed by atoms with E-state index in [1.165, 1.54) is 7.11 Å². The number of ether oxygens (including phenoxy) is 2. The molecule has 14 heavy (non-hydrogen) atoms. The Morgan fingerprint density at radius 3 is 2.93 bits per heavy atom. The molecule has 6 nitrogen and oxygen atoms in total. The van der Waals surface area contributed by atoms with E-state index in [-0.39, 0.29) is 31.5 Å². The highest BCUT2D eigenvalue weighted by Crippen LogP contribution is 2.16. The second-order valence-electron chi connectivity index (χ2n) is 3.21. The van der Waals surface area contributed by atoms with Gasteiger partial charge in [-0.05, 0) is 6.42 Å². The van der Waals surface area contributed by atoms with Gasteiger partial charge >= 0.3 is 6.09 Å². The van der Waals surface area contributed by atoms with Crippen molar-refractivity contribution in [1.29, 1.82) is 0 Å². The van der Waals surface area contributed by atoms with E-state index in [4.69, 9.17) is 19.7 Å². The molecule has 0 saturated carbocycles. The number of hydrogen-bond acceptors (Lipinski definition) is 4. The van der Waals surface area contributed by atoms with Crippen molar-refractivity contribution in [1.82, 2.24) is 5.32 Å². The predicted octanol–water partition coefficient (Wildman–Crippen LogP) is -0.581. The Morgan fingerprint density at radius 2 is 2.43 bits per heavy atom. The van der Waals surface area contributed by atoms with E-state index in [1.807, 2.05) is 0 Å². The maximum Gasteiger partial charge on any atom is 0.404 e. The number of aliphatic hydroxyl groups is 1. The topological polar surface area (TPSA) is 88.0 Å². The molecule has 1 rings (SSSR count). The molecule has 0 aromatic rings. The van der Waals surface area contributed by atoms with E-state index < -0.39 is 6.09 Å². The molecule has 0 aromatic heterocycles. The molecule has 1 fully saturated rings. The van der Waals surface area contributed by atoms with Crippen LogP contribution in [0.4, 0.5) is 4.79 Å². The van der Waals surface area contributed by atoms with Crippen molar-refractivity contribution in [3.63, 3.8) is 0 Å². The Bertz CT molecular complexity index is 198. The van der Waals surface area contributed by atoms with Crippen molar-refractivity contribution in [3.8, 4) is 0 Å². The van der Waals surface area contributed by atoms with Crippen molar-refractivity contribution in [3.05, 3.63) is 0 Å². The van der Waals surface area contributed by atoms with Gasteiger partial charge in [0.15, 0.2) is 0 Å². The van der Waals surface area contributed by atoms with Crippen molar-refractivity contribution < 1.29 is 24.5 Å². The zero-order valence-electron chi connectivity index (χ0n) is 7.97. The molecule has 1 aliphatic heterocycles. The van der Waals surface area contributed by atoms with Crippen LogP contribution in [0.3, 0.4) is 0 Å². The first-order chi connectivity index (χ1) is 6.67. The number of nitrogens with one attached hydrogen (secondary N) is 1. The van der Waals surface area contributed by atoms with Crippen LogP contribution < -0.4 is 5.32 Å². The molecule has 1 amide bonds. The molecule has 0 aromatic carbocycles. The first-order valence-electron chi connectivity index (χ1n) is 4.42. The van der Waals surface area contributed by atoms with Gasteiger partial charge in [0, 0.05) is 7.11 Å². The van der Waals surface area contributed by atoms with Crippen LogP contribution in [0.5, 0.6) is 0 Å². The molecule has 0 bridgehead atoms. The second kappa shape index (κ2) is 5.14. The summed E-state index contributed by atoms with van der Waals surface area (Å²) in [4.78, 5) is 10.4. The standard InChI is InChI=1S/C8H15NO5/c1-13-6-2-5(9-8(11)12)4-14-7(6)3-10/h5-7,9-10H,2-4H2,1H3,(H,11,12)/t5-,6?,7-/m1/s1. The Kier molecular flexibility index (Phi) is 4.12. The highest BCUT2D eigenvalue weighted by atomic mass is 16.5. The van der Waals surface area contributed by atoms with Gasteiger partial charge in [0.25, 0.3) is 0 Å². The number of rotatable bonds is 3. The molecule has 0 spiro atoms. The molecule has 6 heteroatoms. The minimum atomic E-state index is -1.07. The quantitative estimate of drug-likeness (QED) is 0.573. The molecule has 1 heterocycles. The minimum absolute atomic E-state index is 0.113. The third-order valence-electron chi connectivity index (χ3n) is 2.25. The second-order valence-corrected chi connectivity index (χ2v) is 3.21. The van der Waals surface area contributed by atoms with Gasteiger partial charge in [-0.1, -0.05) is 0 Å². The molecule has 3 atom stereocenters. The molecule has 0 radical (unpaired) electrons. The Hall–Kier alpha value is -0.850. The Labute approximate surface area is 81.8 Å². The average molecular weight is 205 g/mol. The third kappa shape index (κ3) is 2.83. The minimum Gasteiger partial charge on any atom is -0.465 e. The Morgan fingerprint density at radius 1 is 1.71 bits per heavy atom. The molecule has 1 aliphatic rings. The maximum absolute atomic E-state index is 10.4. The highest BCUT2D eigenvalue weighted by molar-refractivity contribution is 5.64. The van der Waals surface area contributed by atoms with E-state index in [2.05, 4.69) is 5.32 Å². The predicted molar refractivity (Wildman–Crippen MR) is 47.2 cm³/mol. The molecule has 82 valence electrons. The summed E-state index contributed by atoms with van der Waals surface area (Å²) >= 11 is 0. The third-order valence-corrected chi connectivity index (χ3v) is 2.25. The summed E-state index contributed by atoms with van der Waals surface area (Å²) in [6.45, 7) is 0.162. The lowest BCUT2D eigenvalue weighted by molar-refractivity contribution is -0.118. The molecule has 1 saturated heterocycles. The summed E-state index contributed by atoms with van der Waals surface area (Å²) in [5.74, 6) is 0. The fourth-order valence-corrected chi connectivity index (χ4v) is 1.54. The Balaban J connectivity index is 2.43. The number of amides is 1. The fraction of sp³-hybridized carbons (Fsp3) is 0.875. The average Bonchev–Trinajstić information content (AvgIpc) is 2.16.